The molecule has 1 fully saturated rings. The van der Waals surface area contributed by atoms with Gasteiger partial charge in [-0.25, -0.2) is 0 Å². The first-order valence-electron chi connectivity index (χ1n) is 15.5. The van der Waals surface area contributed by atoms with Crippen molar-refractivity contribution in [2.75, 3.05) is 6.61 Å². The number of nitrogens with zero attached hydrogens (tertiary/aromatic N) is 1. The summed E-state index contributed by atoms with van der Waals surface area (Å²) in [6, 6.07) is 2.20. The standard InChI is InChI=1S/C35H59NO3/c1-12-14-30(3,4)16-18-33(9,20-21-37)19-17-31(5,6)35(11)15-13-27-32(7,8)29(39)26(24-36)23-34(27,10)28(35)22-25(2)38/h23,27-28,37H,12-22H2,1-11H3/t27-,28+,33-,34-,35+/m0/s1. The number of nitriles is 1. The molecule has 4 nitrogen and oxygen atoms in total. The number of Topliss-reactive ketones (excluding diaryl/α,β-unsaturated/α-hetero) is 2. The minimum absolute atomic E-state index is 0.0413. The van der Waals surface area contributed by atoms with Gasteiger partial charge in [-0.1, -0.05) is 81.7 Å². The minimum Gasteiger partial charge on any atom is -0.396 e. The normalized spacial score (nSPS) is 30.6. The van der Waals surface area contributed by atoms with Crippen molar-refractivity contribution >= 4 is 11.6 Å². The van der Waals surface area contributed by atoms with E-state index in [9.17, 15) is 20.0 Å². The van der Waals surface area contributed by atoms with Crippen LogP contribution in [-0.2, 0) is 9.59 Å². The van der Waals surface area contributed by atoms with Crippen LogP contribution < -0.4 is 0 Å². The SMILES string of the molecule is CCCC(C)(C)CC[C@](C)(CCO)CCC(C)(C)[C@]1(C)CC[C@H]2C(C)(C)C(=O)C(C#N)=C[C@]2(C)[C@H]1CC(C)=O. The van der Waals surface area contributed by atoms with Gasteiger partial charge < -0.3 is 9.90 Å². The Morgan fingerprint density at radius 2 is 1.62 bits per heavy atom. The van der Waals surface area contributed by atoms with Gasteiger partial charge in [-0.05, 0) is 97.2 Å². The van der Waals surface area contributed by atoms with Crippen LogP contribution >= 0.6 is 0 Å². The lowest BCUT2D eigenvalue weighted by Crippen LogP contribution is -2.60. The molecule has 0 radical (unpaired) electrons. The summed E-state index contributed by atoms with van der Waals surface area (Å²) in [5.41, 5.74) is -0.598. The molecule has 1 N–H and O–H groups in total. The van der Waals surface area contributed by atoms with Gasteiger partial charge >= 0.3 is 0 Å². The monoisotopic (exact) mass is 541 g/mol. The first-order valence-corrected chi connectivity index (χ1v) is 15.5. The van der Waals surface area contributed by atoms with Gasteiger partial charge in [-0.2, -0.15) is 5.26 Å². The van der Waals surface area contributed by atoms with Gasteiger partial charge in [0.15, 0.2) is 5.78 Å². The van der Waals surface area contributed by atoms with Crippen LogP contribution in [0.1, 0.15) is 140 Å². The zero-order chi connectivity index (χ0) is 30.1. The summed E-state index contributed by atoms with van der Waals surface area (Å²) in [7, 11) is 0. The van der Waals surface area contributed by atoms with E-state index in [-0.39, 0.29) is 51.8 Å². The Kier molecular flexibility index (Phi) is 10.2. The van der Waals surface area contributed by atoms with E-state index >= 15 is 0 Å². The van der Waals surface area contributed by atoms with E-state index in [0.29, 0.717) is 11.8 Å². The molecule has 39 heavy (non-hydrogen) atoms. The Labute approximate surface area is 240 Å². The topological polar surface area (TPSA) is 78.2 Å². The molecular formula is C35H59NO3. The molecule has 1 saturated carbocycles. The fourth-order valence-corrected chi connectivity index (χ4v) is 8.69. The van der Waals surface area contributed by atoms with Crippen molar-refractivity contribution in [1.82, 2.24) is 0 Å². The summed E-state index contributed by atoms with van der Waals surface area (Å²) in [6.45, 7) is 24.6. The third-order valence-corrected chi connectivity index (χ3v) is 11.9. The second-order valence-corrected chi connectivity index (χ2v) is 16.1. The lowest BCUT2D eigenvalue weighted by Gasteiger charge is -2.64. The maximum Gasteiger partial charge on any atom is 0.178 e. The zero-order valence-corrected chi connectivity index (χ0v) is 27.2. The van der Waals surface area contributed by atoms with Crippen molar-refractivity contribution in [2.24, 2.45) is 44.3 Å². The number of hydrogen-bond acceptors (Lipinski definition) is 4. The molecule has 0 bridgehead atoms. The number of aliphatic hydroxyl groups excluding tert-OH is 1. The lowest BCUT2D eigenvalue weighted by atomic mass is 9.39. The first-order chi connectivity index (χ1) is 17.7. The Bertz CT molecular complexity index is 982. The molecule has 0 heterocycles. The molecular weight excluding hydrogens is 482 g/mol. The number of allylic oxidation sites excluding steroid dienone is 2. The molecule has 0 aromatic heterocycles. The van der Waals surface area contributed by atoms with Crippen LogP contribution in [0.5, 0.6) is 0 Å². The quantitative estimate of drug-likeness (QED) is 0.252. The second-order valence-electron chi connectivity index (χ2n) is 16.1. The molecule has 0 unspecified atom stereocenters. The Hall–Kier alpha value is -1.47. The fraction of sp³-hybridized carbons (Fsp3) is 0.857. The highest BCUT2D eigenvalue weighted by Gasteiger charge is 2.63. The predicted molar refractivity (Wildman–Crippen MR) is 161 cm³/mol. The molecule has 0 spiro atoms. The van der Waals surface area contributed by atoms with Crippen molar-refractivity contribution in [3.05, 3.63) is 11.6 Å². The highest BCUT2D eigenvalue weighted by Crippen LogP contribution is 2.68. The summed E-state index contributed by atoms with van der Waals surface area (Å²) in [5.74, 6) is 0.263. The van der Waals surface area contributed by atoms with Gasteiger partial charge in [0.05, 0.1) is 5.57 Å². The van der Waals surface area contributed by atoms with Gasteiger partial charge in [0, 0.05) is 18.4 Å². The van der Waals surface area contributed by atoms with Gasteiger partial charge in [0.25, 0.3) is 0 Å². The second kappa shape index (κ2) is 11.8. The Morgan fingerprint density at radius 1 is 1.03 bits per heavy atom. The molecule has 0 amide bonds. The smallest absolute Gasteiger partial charge is 0.178 e. The molecule has 222 valence electrons. The number of fused-ring (bicyclic) bond motifs is 1. The van der Waals surface area contributed by atoms with Crippen LogP contribution in [-0.4, -0.2) is 23.3 Å². The van der Waals surface area contributed by atoms with Crippen molar-refractivity contribution in [1.29, 1.82) is 5.26 Å². The molecule has 5 atom stereocenters. The van der Waals surface area contributed by atoms with E-state index < -0.39 is 10.8 Å². The van der Waals surface area contributed by atoms with E-state index in [1.54, 1.807) is 6.92 Å². The highest BCUT2D eigenvalue weighted by molar-refractivity contribution is 6.04. The van der Waals surface area contributed by atoms with Crippen LogP contribution in [0.2, 0.25) is 0 Å². The minimum atomic E-state index is -0.625. The van der Waals surface area contributed by atoms with Crippen molar-refractivity contribution in [2.45, 2.75) is 140 Å². The molecule has 0 aromatic carbocycles. The molecule has 0 saturated heterocycles. The summed E-state index contributed by atoms with van der Waals surface area (Å²) in [4.78, 5) is 26.0. The van der Waals surface area contributed by atoms with Gasteiger partial charge in [0.2, 0.25) is 0 Å². The van der Waals surface area contributed by atoms with Crippen molar-refractivity contribution < 1.29 is 14.7 Å². The van der Waals surface area contributed by atoms with E-state index in [2.05, 4.69) is 61.5 Å². The third kappa shape index (κ3) is 6.72. The summed E-state index contributed by atoms with van der Waals surface area (Å²) < 4.78 is 0. The maximum atomic E-state index is 13.2. The number of carbonyl (C=O) groups excluding carboxylic acids is 2. The Morgan fingerprint density at radius 3 is 2.13 bits per heavy atom. The molecule has 0 aliphatic heterocycles. The van der Waals surface area contributed by atoms with Crippen molar-refractivity contribution in [3.63, 3.8) is 0 Å². The fourth-order valence-electron chi connectivity index (χ4n) is 8.69. The van der Waals surface area contributed by atoms with Crippen molar-refractivity contribution in [3.8, 4) is 6.07 Å². The van der Waals surface area contributed by atoms with E-state index in [1.165, 1.54) is 12.8 Å². The van der Waals surface area contributed by atoms with Crippen LogP contribution in [0.4, 0.5) is 0 Å². The molecule has 2 rings (SSSR count). The molecule has 0 aromatic rings. The summed E-state index contributed by atoms with van der Waals surface area (Å²) in [5, 5.41) is 19.9. The molecule has 2 aliphatic rings. The number of carbonyl (C=O) groups is 2. The zero-order valence-electron chi connectivity index (χ0n) is 27.2. The highest BCUT2D eigenvalue weighted by atomic mass is 16.3. The average molecular weight is 542 g/mol. The van der Waals surface area contributed by atoms with E-state index in [0.717, 1.165) is 44.9 Å². The van der Waals surface area contributed by atoms with Gasteiger partial charge in [-0.3, -0.25) is 4.79 Å². The average Bonchev–Trinajstić information content (AvgIpc) is 2.81. The Balaban J connectivity index is 2.46. The van der Waals surface area contributed by atoms with Gasteiger partial charge in [0.1, 0.15) is 11.9 Å². The lowest BCUT2D eigenvalue weighted by molar-refractivity contribution is -0.156. The maximum absolute atomic E-state index is 13.2. The largest absolute Gasteiger partial charge is 0.396 e. The van der Waals surface area contributed by atoms with Crippen LogP contribution in [0.25, 0.3) is 0 Å². The van der Waals surface area contributed by atoms with Crippen LogP contribution in [0.15, 0.2) is 11.6 Å². The summed E-state index contributed by atoms with van der Waals surface area (Å²) >= 11 is 0. The number of hydrogen-bond donors (Lipinski definition) is 1. The third-order valence-electron chi connectivity index (χ3n) is 11.9. The summed E-state index contributed by atoms with van der Waals surface area (Å²) in [6.07, 6.45) is 11.8. The number of ketones is 2. The van der Waals surface area contributed by atoms with Crippen LogP contribution in [0, 0.1) is 55.7 Å². The number of aliphatic hydroxyl groups is 1. The predicted octanol–water partition coefficient (Wildman–Crippen LogP) is 8.86. The molecule has 4 heteroatoms. The van der Waals surface area contributed by atoms with E-state index in [1.807, 2.05) is 19.9 Å². The number of rotatable bonds is 13. The van der Waals surface area contributed by atoms with E-state index in [4.69, 9.17) is 0 Å². The van der Waals surface area contributed by atoms with Crippen LogP contribution in [0.3, 0.4) is 0 Å². The first kappa shape index (κ1) is 33.7. The molecule has 2 aliphatic carbocycles. The van der Waals surface area contributed by atoms with Gasteiger partial charge in [-0.15, -0.1) is 0 Å².